The molecule has 1 atom stereocenters. The average Bonchev–Trinajstić information content (AvgIpc) is 3.39. The van der Waals surface area contributed by atoms with Gasteiger partial charge in [-0.25, -0.2) is 14.8 Å². The number of hydrogen-bond donors (Lipinski definition) is 2. The van der Waals surface area contributed by atoms with E-state index in [1.54, 1.807) is 24.3 Å². The highest BCUT2D eigenvalue weighted by atomic mass is 16.4. The molecule has 1 aromatic carbocycles. The number of carbonyl (C=O) groups is 3. The molecule has 0 saturated carbocycles. The Labute approximate surface area is 196 Å². The molecular formula is C25H27N5O4. The van der Waals surface area contributed by atoms with E-state index < -0.39 is 11.6 Å². The van der Waals surface area contributed by atoms with Gasteiger partial charge in [0.2, 0.25) is 11.6 Å². The van der Waals surface area contributed by atoms with Crippen molar-refractivity contribution in [3.05, 3.63) is 59.1 Å². The van der Waals surface area contributed by atoms with Crippen molar-refractivity contribution in [2.75, 3.05) is 13.1 Å². The number of hydrogen-bond acceptors (Lipinski definition) is 6. The van der Waals surface area contributed by atoms with Crippen molar-refractivity contribution in [1.82, 2.24) is 25.5 Å². The van der Waals surface area contributed by atoms with Crippen molar-refractivity contribution >= 4 is 29.1 Å². The number of amides is 4. The van der Waals surface area contributed by atoms with Crippen molar-refractivity contribution in [1.29, 1.82) is 0 Å². The molecule has 5 rings (SSSR count). The van der Waals surface area contributed by atoms with Crippen LogP contribution < -0.4 is 10.6 Å². The fourth-order valence-electron chi connectivity index (χ4n) is 4.90. The average molecular weight is 462 g/mol. The second-order valence-electron chi connectivity index (χ2n) is 9.34. The molecule has 2 N–H and O–H groups in total. The van der Waals surface area contributed by atoms with Crippen LogP contribution in [-0.4, -0.2) is 45.8 Å². The third-order valence-electron chi connectivity index (χ3n) is 6.89. The van der Waals surface area contributed by atoms with Gasteiger partial charge in [-0.05, 0) is 55.5 Å². The highest BCUT2D eigenvalue weighted by Gasteiger charge is 2.50. The fraction of sp³-hybridized carbons (Fsp3) is 0.400. The van der Waals surface area contributed by atoms with Gasteiger partial charge in [0.15, 0.2) is 0 Å². The lowest BCUT2D eigenvalue weighted by atomic mass is 9.79. The van der Waals surface area contributed by atoms with Crippen LogP contribution >= 0.6 is 0 Å². The number of carbonyl (C=O) groups excluding carboxylic acids is 3. The summed E-state index contributed by atoms with van der Waals surface area (Å²) in [5, 5.41) is 5.09. The molecule has 2 aliphatic rings. The number of aryl methyl sites for hydroxylation is 1. The first kappa shape index (κ1) is 22.1. The summed E-state index contributed by atoms with van der Waals surface area (Å²) in [4.78, 5) is 48.3. The minimum absolute atomic E-state index is 0.0571. The number of piperidine rings is 1. The normalized spacial score (nSPS) is 21.2. The van der Waals surface area contributed by atoms with Gasteiger partial charge >= 0.3 is 6.03 Å². The summed E-state index contributed by atoms with van der Waals surface area (Å²) in [5.41, 5.74) is 2.26. The third-order valence-corrected chi connectivity index (χ3v) is 6.89. The van der Waals surface area contributed by atoms with Gasteiger partial charge < -0.3 is 14.6 Å². The number of pyridine rings is 1. The van der Waals surface area contributed by atoms with Gasteiger partial charge in [0.1, 0.15) is 11.1 Å². The molecule has 0 unspecified atom stereocenters. The summed E-state index contributed by atoms with van der Waals surface area (Å²) >= 11 is 0. The summed E-state index contributed by atoms with van der Waals surface area (Å²) in [6.07, 6.45) is 1.52. The molecule has 0 spiro atoms. The molecule has 3 aromatic rings. The zero-order valence-electron chi connectivity index (χ0n) is 19.4. The molecule has 0 aliphatic carbocycles. The monoisotopic (exact) mass is 461 g/mol. The van der Waals surface area contributed by atoms with E-state index in [0.29, 0.717) is 35.8 Å². The van der Waals surface area contributed by atoms with Crippen LogP contribution in [-0.2, 0) is 10.3 Å². The number of oxazole rings is 1. The molecular weight excluding hydrogens is 434 g/mol. The molecule has 2 fully saturated rings. The molecule has 2 aromatic heterocycles. The Morgan fingerprint density at radius 2 is 1.79 bits per heavy atom. The van der Waals surface area contributed by atoms with Crippen LogP contribution in [0.25, 0.3) is 11.2 Å². The van der Waals surface area contributed by atoms with Gasteiger partial charge in [0.25, 0.3) is 11.8 Å². The number of likely N-dealkylation sites (tertiary alicyclic amines) is 1. The lowest BCUT2D eigenvalue weighted by molar-refractivity contribution is -0.125. The van der Waals surface area contributed by atoms with Crippen LogP contribution in [0.1, 0.15) is 60.1 Å². The Morgan fingerprint density at radius 3 is 2.41 bits per heavy atom. The van der Waals surface area contributed by atoms with Crippen molar-refractivity contribution in [3.8, 4) is 0 Å². The van der Waals surface area contributed by atoms with E-state index in [1.807, 2.05) is 37.8 Å². The number of aromatic nitrogens is 2. The van der Waals surface area contributed by atoms with Gasteiger partial charge in [-0.15, -0.1) is 0 Å². The number of nitrogens with zero attached hydrogens (tertiary/aromatic N) is 3. The largest absolute Gasteiger partial charge is 0.422 e. The molecule has 2 aliphatic heterocycles. The molecule has 34 heavy (non-hydrogen) atoms. The number of nitrogens with one attached hydrogen (secondary N) is 2. The number of rotatable bonds is 4. The zero-order chi connectivity index (χ0) is 24.0. The van der Waals surface area contributed by atoms with E-state index in [9.17, 15) is 14.4 Å². The Kier molecular flexibility index (Phi) is 5.34. The minimum Gasteiger partial charge on any atom is -0.422 e. The second-order valence-corrected chi connectivity index (χ2v) is 9.34. The highest BCUT2D eigenvalue weighted by Crippen LogP contribution is 2.34. The Morgan fingerprint density at radius 1 is 1.09 bits per heavy atom. The van der Waals surface area contributed by atoms with Gasteiger partial charge in [-0.3, -0.25) is 14.9 Å². The number of urea groups is 1. The van der Waals surface area contributed by atoms with E-state index in [2.05, 4.69) is 20.6 Å². The SMILES string of the molecule is Cc1ccc2nc(C3CCN(C(=O)c4ccc([C@@]5(C(C)C)NC(=O)NC5=O)cc4)CC3)oc2n1. The van der Waals surface area contributed by atoms with Crippen LogP contribution in [0.3, 0.4) is 0 Å². The van der Waals surface area contributed by atoms with Crippen LogP contribution in [0, 0.1) is 12.8 Å². The Bertz CT molecular complexity index is 1270. The van der Waals surface area contributed by atoms with Gasteiger partial charge in [-0.1, -0.05) is 26.0 Å². The molecule has 176 valence electrons. The molecule has 9 heteroatoms. The van der Waals surface area contributed by atoms with E-state index >= 15 is 0 Å². The molecule has 4 amide bonds. The quantitative estimate of drug-likeness (QED) is 0.576. The summed E-state index contributed by atoms with van der Waals surface area (Å²) in [7, 11) is 0. The van der Waals surface area contributed by atoms with Gasteiger partial charge in [0.05, 0.1) is 0 Å². The van der Waals surface area contributed by atoms with Gasteiger partial charge in [0, 0.05) is 30.3 Å². The molecule has 9 nitrogen and oxygen atoms in total. The van der Waals surface area contributed by atoms with Crippen LogP contribution in [0.4, 0.5) is 4.79 Å². The van der Waals surface area contributed by atoms with Gasteiger partial charge in [-0.2, -0.15) is 0 Å². The molecule has 0 radical (unpaired) electrons. The van der Waals surface area contributed by atoms with Crippen LogP contribution in [0.2, 0.25) is 0 Å². The highest BCUT2D eigenvalue weighted by molar-refractivity contribution is 6.07. The van der Waals surface area contributed by atoms with E-state index in [4.69, 9.17) is 4.42 Å². The Hall–Kier alpha value is -3.75. The summed E-state index contributed by atoms with van der Waals surface area (Å²) < 4.78 is 5.89. The maximum atomic E-state index is 13.1. The number of fused-ring (bicyclic) bond motifs is 1. The van der Waals surface area contributed by atoms with E-state index in [-0.39, 0.29) is 23.7 Å². The van der Waals surface area contributed by atoms with Crippen LogP contribution in [0.15, 0.2) is 40.8 Å². The summed E-state index contributed by atoms with van der Waals surface area (Å²) in [5.74, 6) is 0.235. The van der Waals surface area contributed by atoms with Crippen molar-refractivity contribution < 1.29 is 18.8 Å². The fourth-order valence-corrected chi connectivity index (χ4v) is 4.90. The molecule has 2 saturated heterocycles. The maximum absolute atomic E-state index is 13.1. The second kappa shape index (κ2) is 8.23. The first-order valence-electron chi connectivity index (χ1n) is 11.6. The first-order valence-corrected chi connectivity index (χ1v) is 11.6. The lowest BCUT2D eigenvalue weighted by Crippen LogP contribution is -2.48. The maximum Gasteiger partial charge on any atom is 0.322 e. The third kappa shape index (κ3) is 3.61. The minimum atomic E-state index is -1.13. The number of imide groups is 1. The van der Waals surface area contributed by atoms with Crippen LogP contribution in [0.5, 0.6) is 0 Å². The van der Waals surface area contributed by atoms with Crippen molar-refractivity contribution in [2.24, 2.45) is 5.92 Å². The predicted octanol–water partition coefficient (Wildman–Crippen LogP) is 3.24. The smallest absolute Gasteiger partial charge is 0.322 e. The number of benzene rings is 1. The van der Waals surface area contributed by atoms with Crippen molar-refractivity contribution in [2.45, 2.75) is 45.1 Å². The first-order chi connectivity index (χ1) is 16.3. The summed E-state index contributed by atoms with van der Waals surface area (Å²) in [6.45, 7) is 6.88. The lowest BCUT2D eigenvalue weighted by Gasteiger charge is -2.32. The summed E-state index contributed by atoms with van der Waals surface area (Å²) in [6, 6.07) is 10.3. The standard InChI is InChI=1S/C25H27N5O4/c1-14(2)25(23(32)28-24(33)29-25)18-7-5-17(6-8-18)22(31)30-12-10-16(11-13-30)20-27-19-9-4-15(3)26-21(19)34-20/h4-9,14,16H,10-13H2,1-3H3,(H2,28,29,32,33)/t25-/m1/s1. The predicted molar refractivity (Wildman–Crippen MR) is 124 cm³/mol. The Balaban J connectivity index is 1.27. The molecule has 4 heterocycles. The van der Waals surface area contributed by atoms with Crippen molar-refractivity contribution in [3.63, 3.8) is 0 Å². The molecule has 0 bridgehead atoms. The van der Waals surface area contributed by atoms with E-state index in [0.717, 1.165) is 24.1 Å². The van der Waals surface area contributed by atoms with E-state index in [1.165, 1.54) is 0 Å². The topological polar surface area (TPSA) is 117 Å². The zero-order valence-corrected chi connectivity index (χ0v) is 19.4.